The summed E-state index contributed by atoms with van der Waals surface area (Å²) in [6, 6.07) is 0. The first-order valence-electron chi connectivity index (χ1n) is 6.06. The summed E-state index contributed by atoms with van der Waals surface area (Å²) in [4.78, 5) is 5.64. The average molecular weight is 240 g/mol. The van der Waals surface area contributed by atoms with Crippen LogP contribution in [0.15, 0.2) is 29.7 Å². The fourth-order valence-corrected chi connectivity index (χ4v) is 1.49. The molecule has 1 atom stereocenters. The molecule has 0 aromatic rings. The largest absolute Gasteiger partial charge is 0.306 e. The number of amidine groups is 1. The van der Waals surface area contributed by atoms with E-state index >= 15 is 0 Å². The molecule has 0 aromatic heterocycles. The minimum atomic E-state index is -1.04. The van der Waals surface area contributed by atoms with Crippen LogP contribution in [0.1, 0.15) is 33.1 Å². The third kappa shape index (κ3) is 4.19. The second kappa shape index (κ2) is 7.06. The zero-order chi connectivity index (χ0) is 12.7. The summed E-state index contributed by atoms with van der Waals surface area (Å²) in [6.45, 7) is 8.57. The Labute approximate surface area is 102 Å². The molecule has 0 saturated carbocycles. The van der Waals surface area contributed by atoms with Crippen molar-refractivity contribution in [1.82, 2.24) is 15.8 Å². The summed E-state index contributed by atoms with van der Waals surface area (Å²) >= 11 is 0. The second-order valence-electron chi connectivity index (χ2n) is 3.87. The Bertz CT molecular complexity index is 312. The van der Waals surface area contributed by atoms with Gasteiger partial charge in [-0.3, -0.25) is 0 Å². The molecule has 0 radical (unpaired) electrons. The fraction of sp³-hybridized carbons (Fsp3) is 0.583. The molecule has 2 N–H and O–H groups in total. The van der Waals surface area contributed by atoms with Crippen molar-refractivity contribution in [3.05, 3.63) is 24.7 Å². The minimum absolute atomic E-state index is 0.427. The molecule has 1 aliphatic heterocycles. The minimum Gasteiger partial charge on any atom is -0.306 e. The molecule has 0 aliphatic carbocycles. The predicted molar refractivity (Wildman–Crippen MR) is 68.8 cm³/mol. The van der Waals surface area contributed by atoms with Gasteiger partial charge in [-0.25, -0.2) is 14.8 Å². The maximum absolute atomic E-state index is 13.8. The molecule has 96 valence electrons. The lowest BCUT2D eigenvalue weighted by Crippen LogP contribution is -2.39. The Hall–Kier alpha value is -1.36. The van der Waals surface area contributed by atoms with Gasteiger partial charge in [0.15, 0.2) is 6.30 Å². The van der Waals surface area contributed by atoms with Gasteiger partial charge >= 0.3 is 0 Å². The van der Waals surface area contributed by atoms with Crippen molar-refractivity contribution in [2.45, 2.75) is 39.4 Å². The molecular weight excluding hydrogens is 219 g/mol. The Morgan fingerprint density at radius 3 is 2.88 bits per heavy atom. The van der Waals surface area contributed by atoms with Crippen molar-refractivity contribution in [2.75, 3.05) is 6.54 Å². The summed E-state index contributed by atoms with van der Waals surface area (Å²) < 4.78 is 13.8. The topological polar surface area (TPSA) is 39.7 Å². The molecule has 5 heteroatoms. The highest BCUT2D eigenvalue weighted by Crippen LogP contribution is 2.19. The van der Waals surface area contributed by atoms with Crippen LogP contribution in [-0.2, 0) is 0 Å². The highest BCUT2D eigenvalue weighted by Gasteiger charge is 2.18. The van der Waals surface area contributed by atoms with E-state index in [0.717, 1.165) is 19.4 Å². The van der Waals surface area contributed by atoms with E-state index in [-0.39, 0.29) is 0 Å². The van der Waals surface area contributed by atoms with Gasteiger partial charge in [-0.15, -0.1) is 0 Å². The zero-order valence-corrected chi connectivity index (χ0v) is 10.5. The van der Waals surface area contributed by atoms with Gasteiger partial charge in [0.2, 0.25) is 0 Å². The van der Waals surface area contributed by atoms with Crippen molar-refractivity contribution < 1.29 is 4.39 Å². The van der Waals surface area contributed by atoms with E-state index in [2.05, 4.69) is 22.4 Å². The number of nitrogens with zero attached hydrogens (tertiary/aromatic N) is 2. The molecule has 1 rings (SSSR count). The van der Waals surface area contributed by atoms with Gasteiger partial charge < -0.3 is 10.3 Å². The monoisotopic (exact) mass is 240 g/mol. The molecule has 17 heavy (non-hydrogen) atoms. The number of halogens is 1. The number of rotatable bonds is 6. The first-order valence-corrected chi connectivity index (χ1v) is 6.06. The molecule has 0 aromatic carbocycles. The van der Waals surface area contributed by atoms with Crippen molar-refractivity contribution in [3.63, 3.8) is 0 Å². The first-order chi connectivity index (χ1) is 8.19. The van der Waals surface area contributed by atoms with Crippen LogP contribution in [0, 0.1) is 0 Å². The average Bonchev–Trinajstić information content (AvgIpc) is 2.33. The normalized spacial score (nSPS) is 17.0. The maximum atomic E-state index is 13.8. The Morgan fingerprint density at radius 2 is 2.29 bits per heavy atom. The van der Waals surface area contributed by atoms with Crippen molar-refractivity contribution in [2.24, 2.45) is 4.99 Å². The standard InChI is InChI=1S/C12H21FN4/c1-4-6-7-11(13)17-9-8-12(15-10(17)3)16-14-5-2/h8-9,11,14H,3-7H2,1-2H3,(H,15,16). The number of aliphatic imine (C=N–C) groups is 1. The molecule has 4 nitrogen and oxygen atoms in total. The molecule has 0 bridgehead atoms. The fourth-order valence-electron chi connectivity index (χ4n) is 1.49. The van der Waals surface area contributed by atoms with Gasteiger partial charge in [0.05, 0.1) is 0 Å². The summed E-state index contributed by atoms with van der Waals surface area (Å²) in [7, 11) is 0. The molecule has 0 amide bonds. The van der Waals surface area contributed by atoms with Crippen LogP contribution in [0.2, 0.25) is 0 Å². The van der Waals surface area contributed by atoms with E-state index < -0.39 is 6.30 Å². The Kier molecular flexibility index (Phi) is 5.69. The number of hydrogen-bond acceptors (Lipinski definition) is 4. The third-order valence-electron chi connectivity index (χ3n) is 2.43. The van der Waals surface area contributed by atoms with Crippen LogP contribution in [0.4, 0.5) is 4.39 Å². The van der Waals surface area contributed by atoms with E-state index in [1.165, 1.54) is 4.90 Å². The first kappa shape index (κ1) is 13.7. The van der Waals surface area contributed by atoms with Gasteiger partial charge in [-0.05, 0) is 18.9 Å². The Balaban J connectivity index is 2.50. The summed E-state index contributed by atoms with van der Waals surface area (Å²) in [5.74, 6) is 1.08. The lowest BCUT2D eigenvalue weighted by atomic mass is 10.2. The molecule has 1 aliphatic rings. The number of hydrazine groups is 1. The Morgan fingerprint density at radius 1 is 1.53 bits per heavy atom. The molecule has 0 saturated heterocycles. The zero-order valence-electron chi connectivity index (χ0n) is 10.5. The van der Waals surface area contributed by atoms with Crippen LogP contribution < -0.4 is 10.9 Å². The number of hydrogen-bond donors (Lipinski definition) is 2. The highest BCUT2D eigenvalue weighted by atomic mass is 19.1. The van der Waals surface area contributed by atoms with Gasteiger partial charge in [0.25, 0.3) is 0 Å². The van der Waals surface area contributed by atoms with Crippen LogP contribution in [0.3, 0.4) is 0 Å². The number of alkyl halides is 1. The maximum Gasteiger partial charge on any atom is 0.177 e. The van der Waals surface area contributed by atoms with E-state index in [1.54, 1.807) is 12.3 Å². The molecule has 1 heterocycles. The van der Waals surface area contributed by atoms with Crippen molar-refractivity contribution >= 4 is 5.84 Å². The van der Waals surface area contributed by atoms with Crippen LogP contribution >= 0.6 is 0 Å². The molecule has 0 spiro atoms. The molecular formula is C12H21FN4. The van der Waals surface area contributed by atoms with Gasteiger partial charge in [0.1, 0.15) is 11.7 Å². The highest BCUT2D eigenvalue weighted by molar-refractivity contribution is 5.93. The van der Waals surface area contributed by atoms with Crippen molar-refractivity contribution in [3.8, 4) is 0 Å². The molecule has 0 fully saturated rings. The van der Waals surface area contributed by atoms with E-state index in [1.807, 2.05) is 13.8 Å². The SMILES string of the molecule is C=C1N=C(NNCC)C=CN1C(F)CCCC. The molecule has 1 unspecified atom stereocenters. The van der Waals surface area contributed by atoms with Crippen LogP contribution in [0.25, 0.3) is 0 Å². The summed E-state index contributed by atoms with van der Waals surface area (Å²) in [5.41, 5.74) is 5.84. The lowest BCUT2D eigenvalue weighted by molar-refractivity contribution is 0.149. The smallest absolute Gasteiger partial charge is 0.177 e. The van der Waals surface area contributed by atoms with Gasteiger partial charge in [0, 0.05) is 12.7 Å². The summed E-state index contributed by atoms with van der Waals surface area (Å²) in [6.07, 6.45) is 4.73. The van der Waals surface area contributed by atoms with Crippen LogP contribution in [-0.4, -0.2) is 23.6 Å². The van der Waals surface area contributed by atoms with Crippen molar-refractivity contribution in [1.29, 1.82) is 0 Å². The summed E-state index contributed by atoms with van der Waals surface area (Å²) in [5, 5.41) is 0. The predicted octanol–water partition coefficient (Wildman–Crippen LogP) is 2.29. The quantitative estimate of drug-likeness (QED) is 0.553. The van der Waals surface area contributed by atoms with Crippen LogP contribution in [0.5, 0.6) is 0 Å². The second-order valence-corrected chi connectivity index (χ2v) is 3.87. The van der Waals surface area contributed by atoms with E-state index in [0.29, 0.717) is 18.1 Å². The number of unbranched alkanes of at least 4 members (excludes halogenated alkanes) is 1. The third-order valence-corrected chi connectivity index (χ3v) is 2.43. The van der Waals surface area contributed by atoms with Gasteiger partial charge in [-0.2, -0.15) is 0 Å². The van der Waals surface area contributed by atoms with Gasteiger partial charge in [-0.1, -0.05) is 26.8 Å². The lowest BCUT2D eigenvalue weighted by Gasteiger charge is -2.27. The van der Waals surface area contributed by atoms with E-state index in [4.69, 9.17) is 0 Å². The number of nitrogens with one attached hydrogen (secondary N) is 2. The van der Waals surface area contributed by atoms with E-state index in [9.17, 15) is 4.39 Å².